The molecular formula is C12H17Br2NOS2. The quantitative estimate of drug-likeness (QED) is 0.611. The molecule has 0 fully saturated rings. The molecule has 18 heavy (non-hydrogen) atoms. The van der Waals surface area contributed by atoms with Crippen LogP contribution in [0, 0.1) is 0 Å². The third-order valence-electron chi connectivity index (χ3n) is 2.46. The zero-order valence-electron chi connectivity index (χ0n) is 10.3. The number of amides is 1. The highest BCUT2D eigenvalue weighted by molar-refractivity contribution is 9.12. The summed E-state index contributed by atoms with van der Waals surface area (Å²) in [6.45, 7) is 0.762. The average Bonchev–Trinajstić information content (AvgIpc) is 2.67. The molecule has 0 unspecified atom stereocenters. The van der Waals surface area contributed by atoms with Gasteiger partial charge in [-0.05, 0) is 62.8 Å². The maximum absolute atomic E-state index is 11.9. The van der Waals surface area contributed by atoms with Gasteiger partial charge in [0, 0.05) is 6.54 Å². The fraction of sp³-hybridized carbons (Fsp3) is 0.583. The van der Waals surface area contributed by atoms with E-state index in [0.29, 0.717) is 5.56 Å². The number of hydrogen-bond acceptors (Lipinski definition) is 3. The molecule has 0 aliphatic heterocycles. The average molecular weight is 415 g/mol. The van der Waals surface area contributed by atoms with Crippen LogP contribution in [-0.4, -0.2) is 24.5 Å². The van der Waals surface area contributed by atoms with Gasteiger partial charge in [-0.2, -0.15) is 11.8 Å². The van der Waals surface area contributed by atoms with Crippen molar-refractivity contribution in [3.63, 3.8) is 0 Å². The number of halogens is 2. The molecule has 1 rings (SSSR count). The molecule has 0 saturated carbocycles. The van der Waals surface area contributed by atoms with Crippen LogP contribution >= 0.6 is 55.0 Å². The molecule has 0 atom stereocenters. The van der Waals surface area contributed by atoms with Crippen molar-refractivity contribution in [1.82, 2.24) is 5.32 Å². The molecule has 0 radical (unpaired) electrons. The van der Waals surface area contributed by atoms with E-state index in [0.717, 1.165) is 20.5 Å². The Morgan fingerprint density at radius 3 is 2.67 bits per heavy atom. The summed E-state index contributed by atoms with van der Waals surface area (Å²) >= 11 is 10.2. The Kier molecular flexibility index (Phi) is 8.63. The van der Waals surface area contributed by atoms with Crippen molar-refractivity contribution < 1.29 is 4.79 Å². The minimum absolute atomic E-state index is 0.00735. The van der Waals surface area contributed by atoms with E-state index >= 15 is 0 Å². The number of nitrogens with one attached hydrogen (secondary N) is 1. The first kappa shape index (κ1) is 16.5. The van der Waals surface area contributed by atoms with Crippen molar-refractivity contribution in [2.45, 2.75) is 25.7 Å². The van der Waals surface area contributed by atoms with Crippen LogP contribution < -0.4 is 5.32 Å². The van der Waals surface area contributed by atoms with Gasteiger partial charge in [-0.3, -0.25) is 4.79 Å². The highest BCUT2D eigenvalue weighted by atomic mass is 79.9. The fourth-order valence-electron chi connectivity index (χ4n) is 1.52. The molecule has 0 saturated heterocycles. The van der Waals surface area contributed by atoms with Crippen molar-refractivity contribution in [3.05, 3.63) is 19.2 Å². The van der Waals surface area contributed by atoms with E-state index in [-0.39, 0.29) is 5.91 Å². The summed E-state index contributed by atoms with van der Waals surface area (Å²) in [5.74, 6) is 1.25. The van der Waals surface area contributed by atoms with E-state index in [2.05, 4.69) is 43.4 Å². The van der Waals surface area contributed by atoms with Crippen molar-refractivity contribution in [1.29, 1.82) is 0 Å². The summed E-state index contributed by atoms with van der Waals surface area (Å²) in [6, 6.07) is 1.85. The van der Waals surface area contributed by atoms with Crippen LogP contribution in [0.3, 0.4) is 0 Å². The Hall–Kier alpha value is 0.480. The molecule has 0 aliphatic rings. The van der Waals surface area contributed by atoms with Gasteiger partial charge in [-0.1, -0.05) is 12.8 Å². The van der Waals surface area contributed by atoms with Crippen LogP contribution in [0.4, 0.5) is 0 Å². The number of hydrogen-bond donors (Lipinski definition) is 1. The summed E-state index contributed by atoms with van der Waals surface area (Å²) in [4.78, 5) is 11.9. The van der Waals surface area contributed by atoms with Gasteiger partial charge in [0.15, 0.2) is 0 Å². The number of carbonyl (C=O) groups is 1. The lowest BCUT2D eigenvalue weighted by molar-refractivity contribution is 0.0952. The molecule has 1 aromatic heterocycles. The summed E-state index contributed by atoms with van der Waals surface area (Å²) < 4.78 is 1.85. The maximum atomic E-state index is 11.9. The van der Waals surface area contributed by atoms with Crippen molar-refractivity contribution in [3.8, 4) is 0 Å². The van der Waals surface area contributed by atoms with Gasteiger partial charge in [0.25, 0.3) is 5.91 Å². The molecule has 0 aliphatic carbocycles. The topological polar surface area (TPSA) is 29.1 Å². The highest BCUT2D eigenvalue weighted by Gasteiger charge is 2.12. The summed E-state index contributed by atoms with van der Waals surface area (Å²) in [5.41, 5.74) is 0.717. The van der Waals surface area contributed by atoms with Crippen LogP contribution in [0.1, 0.15) is 36.0 Å². The Morgan fingerprint density at radius 2 is 2.06 bits per heavy atom. The molecule has 1 heterocycles. The molecule has 6 heteroatoms. The number of unbranched alkanes of at least 4 members (excludes halogenated alkanes) is 3. The Bertz CT molecular complexity index is 382. The molecule has 0 spiro atoms. The van der Waals surface area contributed by atoms with E-state index in [4.69, 9.17) is 0 Å². The van der Waals surface area contributed by atoms with Crippen LogP contribution in [0.5, 0.6) is 0 Å². The third-order valence-corrected chi connectivity index (χ3v) is 5.50. The lowest BCUT2D eigenvalue weighted by atomic mass is 10.2. The predicted molar refractivity (Wildman–Crippen MR) is 88.9 cm³/mol. The van der Waals surface area contributed by atoms with E-state index in [1.165, 1.54) is 36.4 Å². The first-order chi connectivity index (χ1) is 8.65. The van der Waals surface area contributed by atoms with Gasteiger partial charge < -0.3 is 5.32 Å². The van der Waals surface area contributed by atoms with Crippen LogP contribution in [-0.2, 0) is 0 Å². The molecule has 0 bridgehead atoms. The largest absolute Gasteiger partial charge is 0.352 e. The first-order valence-electron chi connectivity index (χ1n) is 5.87. The fourth-order valence-corrected chi connectivity index (χ4v) is 4.80. The van der Waals surface area contributed by atoms with E-state index < -0.39 is 0 Å². The Morgan fingerprint density at radius 1 is 1.33 bits per heavy atom. The second-order valence-corrected chi connectivity index (χ2v) is 8.64. The molecule has 2 nitrogen and oxygen atoms in total. The molecule has 1 N–H and O–H groups in total. The SMILES string of the molecule is CSCCCCCCNC(=O)c1cc(Br)sc1Br. The van der Waals surface area contributed by atoms with Gasteiger partial charge in [0.2, 0.25) is 0 Å². The lowest BCUT2D eigenvalue weighted by Crippen LogP contribution is -2.24. The van der Waals surface area contributed by atoms with Gasteiger partial charge >= 0.3 is 0 Å². The summed E-state index contributed by atoms with van der Waals surface area (Å²) in [5, 5.41) is 2.96. The Labute approximate surface area is 134 Å². The normalized spacial score (nSPS) is 10.6. The first-order valence-corrected chi connectivity index (χ1v) is 9.66. The summed E-state index contributed by atoms with van der Waals surface area (Å²) in [7, 11) is 0. The smallest absolute Gasteiger partial charge is 0.253 e. The summed E-state index contributed by atoms with van der Waals surface area (Å²) in [6.07, 6.45) is 6.91. The minimum atomic E-state index is 0.00735. The van der Waals surface area contributed by atoms with Gasteiger partial charge in [-0.25, -0.2) is 0 Å². The predicted octanol–water partition coefficient (Wildman–Crippen LogP) is 4.93. The Balaban J connectivity index is 2.16. The van der Waals surface area contributed by atoms with Crippen molar-refractivity contribution >= 4 is 60.9 Å². The molecule has 1 aromatic rings. The van der Waals surface area contributed by atoms with Crippen molar-refractivity contribution in [2.24, 2.45) is 0 Å². The monoisotopic (exact) mass is 413 g/mol. The number of thioether (sulfide) groups is 1. The van der Waals surface area contributed by atoms with Crippen LogP contribution in [0.25, 0.3) is 0 Å². The number of rotatable bonds is 8. The number of carbonyl (C=O) groups excluding carboxylic acids is 1. The zero-order valence-corrected chi connectivity index (χ0v) is 15.1. The van der Waals surface area contributed by atoms with Crippen molar-refractivity contribution in [2.75, 3.05) is 18.6 Å². The minimum Gasteiger partial charge on any atom is -0.352 e. The number of thiophene rings is 1. The second kappa shape index (κ2) is 9.39. The molecule has 0 aromatic carbocycles. The van der Waals surface area contributed by atoms with Gasteiger partial charge in [0.1, 0.15) is 0 Å². The molecule has 102 valence electrons. The van der Waals surface area contributed by atoms with Gasteiger partial charge in [-0.15, -0.1) is 11.3 Å². The van der Waals surface area contributed by atoms with Crippen LogP contribution in [0.15, 0.2) is 13.6 Å². The maximum Gasteiger partial charge on any atom is 0.253 e. The van der Waals surface area contributed by atoms with E-state index in [9.17, 15) is 4.79 Å². The molecule has 1 amide bonds. The standard InChI is InChI=1S/C12H17Br2NOS2/c1-17-7-5-3-2-4-6-15-12(16)9-8-10(13)18-11(9)14/h8H,2-7H2,1H3,(H,15,16). The van der Waals surface area contributed by atoms with E-state index in [1.54, 1.807) is 0 Å². The third kappa shape index (κ3) is 6.08. The zero-order chi connectivity index (χ0) is 13.4. The van der Waals surface area contributed by atoms with Gasteiger partial charge in [0.05, 0.1) is 13.1 Å². The lowest BCUT2D eigenvalue weighted by Gasteiger charge is -2.04. The molecular weight excluding hydrogens is 398 g/mol. The highest BCUT2D eigenvalue weighted by Crippen LogP contribution is 2.31. The van der Waals surface area contributed by atoms with E-state index in [1.807, 2.05) is 17.8 Å². The van der Waals surface area contributed by atoms with Crippen LogP contribution in [0.2, 0.25) is 0 Å². The second-order valence-electron chi connectivity index (χ2n) is 3.90.